The Kier molecular flexibility index (Phi) is 4.77. The van der Waals surface area contributed by atoms with E-state index in [9.17, 15) is 4.79 Å². The number of aromatic nitrogens is 3. The third kappa shape index (κ3) is 4.01. The Labute approximate surface area is 134 Å². The van der Waals surface area contributed by atoms with Crippen LogP contribution in [0.25, 0.3) is 0 Å². The minimum absolute atomic E-state index is 0.0836. The van der Waals surface area contributed by atoms with Crippen molar-refractivity contribution in [2.24, 2.45) is 0 Å². The molecule has 2 aromatic rings. The quantitative estimate of drug-likeness (QED) is 0.915. The highest BCUT2D eigenvalue weighted by Crippen LogP contribution is 2.10. The predicted molar refractivity (Wildman–Crippen MR) is 85.1 cm³/mol. The molecule has 0 saturated carbocycles. The van der Waals surface area contributed by atoms with Crippen molar-refractivity contribution >= 4 is 11.9 Å². The number of pyridine rings is 1. The number of carbonyl (C=O) groups is 1. The minimum Gasteiger partial charge on any atom is -0.378 e. The lowest BCUT2D eigenvalue weighted by molar-refractivity contribution is 0.0299. The molecule has 23 heavy (non-hydrogen) atoms. The number of aryl methyl sites for hydroxylation is 1. The van der Waals surface area contributed by atoms with Crippen molar-refractivity contribution in [3.8, 4) is 0 Å². The molecule has 3 heterocycles. The average Bonchev–Trinajstić information content (AvgIpc) is 2.60. The number of nitrogens with zero attached hydrogens (tertiary/aromatic N) is 4. The SMILES string of the molecule is Cc1cc(C(=O)N2CCOCC2)nc(NCc2ccccn2)n1. The molecule has 0 unspecified atom stereocenters. The highest BCUT2D eigenvalue weighted by atomic mass is 16.5. The van der Waals surface area contributed by atoms with E-state index in [0.717, 1.165) is 11.4 Å². The number of hydrogen-bond donors (Lipinski definition) is 1. The molecule has 1 fully saturated rings. The van der Waals surface area contributed by atoms with Crippen molar-refractivity contribution in [1.82, 2.24) is 19.9 Å². The van der Waals surface area contributed by atoms with Gasteiger partial charge in [-0.3, -0.25) is 9.78 Å². The van der Waals surface area contributed by atoms with Crippen LogP contribution in [-0.2, 0) is 11.3 Å². The van der Waals surface area contributed by atoms with Gasteiger partial charge < -0.3 is 15.0 Å². The van der Waals surface area contributed by atoms with Crippen molar-refractivity contribution < 1.29 is 9.53 Å². The summed E-state index contributed by atoms with van der Waals surface area (Å²) >= 11 is 0. The Hall–Kier alpha value is -2.54. The Morgan fingerprint density at radius 2 is 2.13 bits per heavy atom. The van der Waals surface area contributed by atoms with Crippen molar-refractivity contribution in [3.63, 3.8) is 0 Å². The van der Waals surface area contributed by atoms with E-state index < -0.39 is 0 Å². The number of rotatable bonds is 4. The zero-order valence-corrected chi connectivity index (χ0v) is 13.0. The van der Waals surface area contributed by atoms with Gasteiger partial charge in [-0.1, -0.05) is 6.07 Å². The number of morpholine rings is 1. The van der Waals surface area contributed by atoms with Gasteiger partial charge in [-0.05, 0) is 25.1 Å². The largest absolute Gasteiger partial charge is 0.378 e. The number of anilines is 1. The molecule has 0 radical (unpaired) electrons. The summed E-state index contributed by atoms with van der Waals surface area (Å²) < 4.78 is 5.27. The summed E-state index contributed by atoms with van der Waals surface area (Å²) in [4.78, 5) is 27.2. The smallest absolute Gasteiger partial charge is 0.272 e. The van der Waals surface area contributed by atoms with Crippen molar-refractivity contribution in [2.45, 2.75) is 13.5 Å². The van der Waals surface area contributed by atoms with Crippen LogP contribution in [0, 0.1) is 6.92 Å². The van der Waals surface area contributed by atoms with Crippen LogP contribution in [0.1, 0.15) is 21.9 Å². The summed E-state index contributed by atoms with van der Waals surface area (Å²) in [6.45, 7) is 4.69. The Balaban J connectivity index is 1.72. The van der Waals surface area contributed by atoms with Crippen LogP contribution in [0.5, 0.6) is 0 Å². The highest BCUT2D eigenvalue weighted by Gasteiger charge is 2.20. The third-order valence-corrected chi connectivity index (χ3v) is 3.53. The van der Waals surface area contributed by atoms with Crippen LogP contribution in [0.2, 0.25) is 0 Å². The first-order chi connectivity index (χ1) is 11.2. The lowest BCUT2D eigenvalue weighted by Crippen LogP contribution is -2.41. The van der Waals surface area contributed by atoms with Gasteiger partial charge in [-0.2, -0.15) is 0 Å². The summed E-state index contributed by atoms with van der Waals surface area (Å²) in [5.41, 5.74) is 2.04. The zero-order chi connectivity index (χ0) is 16.1. The molecular formula is C16H19N5O2. The number of hydrogen-bond acceptors (Lipinski definition) is 6. The maximum Gasteiger partial charge on any atom is 0.272 e. The molecule has 2 aromatic heterocycles. The summed E-state index contributed by atoms with van der Waals surface area (Å²) in [5.74, 6) is 0.354. The second-order valence-electron chi connectivity index (χ2n) is 5.30. The molecule has 0 aromatic carbocycles. The van der Waals surface area contributed by atoms with Gasteiger partial charge in [0.05, 0.1) is 25.5 Å². The fourth-order valence-electron chi connectivity index (χ4n) is 2.36. The molecule has 120 valence electrons. The van der Waals surface area contributed by atoms with Crippen molar-refractivity contribution in [3.05, 3.63) is 47.5 Å². The number of amides is 1. The summed E-state index contributed by atoms with van der Waals surface area (Å²) in [7, 11) is 0. The number of carbonyl (C=O) groups excluding carboxylic acids is 1. The van der Waals surface area contributed by atoms with Gasteiger partial charge in [0.25, 0.3) is 5.91 Å². The van der Waals surface area contributed by atoms with Crippen LogP contribution in [-0.4, -0.2) is 52.1 Å². The van der Waals surface area contributed by atoms with Gasteiger partial charge in [0.1, 0.15) is 5.69 Å². The fraction of sp³-hybridized carbons (Fsp3) is 0.375. The number of nitrogens with one attached hydrogen (secondary N) is 1. The summed E-state index contributed by atoms with van der Waals surface area (Å²) in [6.07, 6.45) is 1.74. The second kappa shape index (κ2) is 7.15. The van der Waals surface area contributed by atoms with Gasteiger partial charge in [-0.15, -0.1) is 0 Å². The zero-order valence-electron chi connectivity index (χ0n) is 13.0. The molecule has 1 saturated heterocycles. The highest BCUT2D eigenvalue weighted by molar-refractivity contribution is 5.92. The second-order valence-corrected chi connectivity index (χ2v) is 5.30. The van der Waals surface area contributed by atoms with Crippen LogP contribution in [0.15, 0.2) is 30.5 Å². The first-order valence-corrected chi connectivity index (χ1v) is 7.59. The van der Waals surface area contributed by atoms with Crippen LogP contribution >= 0.6 is 0 Å². The fourth-order valence-corrected chi connectivity index (χ4v) is 2.36. The van der Waals surface area contributed by atoms with Gasteiger partial charge in [-0.25, -0.2) is 9.97 Å². The van der Waals surface area contributed by atoms with E-state index in [0.29, 0.717) is 44.5 Å². The maximum atomic E-state index is 12.5. The molecule has 0 atom stereocenters. The number of ether oxygens (including phenoxy) is 1. The Morgan fingerprint density at radius 1 is 1.30 bits per heavy atom. The standard InChI is InChI=1S/C16H19N5O2/c1-12-10-14(15(22)21-6-8-23-9-7-21)20-16(19-12)18-11-13-4-2-3-5-17-13/h2-5,10H,6-9,11H2,1H3,(H,18,19,20). The van der Waals surface area contributed by atoms with Gasteiger partial charge >= 0.3 is 0 Å². The van der Waals surface area contributed by atoms with Crippen molar-refractivity contribution in [2.75, 3.05) is 31.6 Å². The topological polar surface area (TPSA) is 80.2 Å². The van der Waals surface area contributed by atoms with Crippen LogP contribution < -0.4 is 5.32 Å². The molecule has 0 spiro atoms. The average molecular weight is 313 g/mol. The molecule has 0 aliphatic carbocycles. The third-order valence-electron chi connectivity index (χ3n) is 3.53. The van der Waals surface area contributed by atoms with Gasteiger partial charge in [0, 0.05) is 25.0 Å². The molecule has 1 N–H and O–H groups in total. The van der Waals surface area contributed by atoms with E-state index >= 15 is 0 Å². The molecule has 7 heteroatoms. The van der Waals surface area contributed by atoms with E-state index in [2.05, 4.69) is 20.3 Å². The van der Waals surface area contributed by atoms with Gasteiger partial charge in [0.15, 0.2) is 0 Å². The Morgan fingerprint density at radius 3 is 2.87 bits per heavy atom. The van der Waals surface area contributed by atoms with E-state index in [1.165, 1.54) is 0 Å². The van der Waals surface area contributed by atoms with E-state index in [-0.39, 0.29) is 5.91 Å². The molecule has 3 rings (SSSR count). The summed E-state index contributed by atoms with van der Waals surface area (Å²) in [6, 6.07) is 7.42. The van der Waals surface area contributed by atoms with E-state index in [4.69, 9.17) is 4.74 Å². The lowest BCUT2D eigenvalue weighted by atomic mass is 10.3. The van der Waals surface area contributed by atoms with Crippen LogP contribution in [0.3, 0.4) is 0 Å². The minimum atomic E-state index is -0.0836. The summed E-state index contributed by atoms with van der Waals surface area (Å²) in [5, 5.41) is 3.12. The molecule has 0 bridgehead atoms. The van der Waals surface area contributed by atoms with Crippen molar-refractivity contribution in [1.29, 1.82) is 0 Å². The van der Waals surface area contributed by atoms with E-state index in [1.807, 2.05) is 25.1 Å². The molecule has 7 nitrogen and oxygen atoms in total. The predicted octanol–water partition coefficient (Wildman–Crippen LogP) is 1.26. The van der Waals surface area contributed by atoms with E-state index in [1.54, 1.807) is 17.2 Å². The molecular weight excluding hydrogens is 294 g/mol. The normalized spacial score (nSPS) is 14.6. The maximum absolute atomic E-state index is 12.5. The monoisotopic (exact) mass is 313 g/mol. The first kappa shape index (κ1) is 15.4. The van der Waals surface area contributed by atoms with Gasteiger partial charge in [0.2, 0.25) is 5.95 Å². The Bertz CT molecular complexity index is 671. The lowest BCUT2D eigenvalue weighted by Gasteiger charge is -2.26. The molecule has 1 aliphatic rings. The van der Waals surface area contributed by atoms with Crippen LogP contribution in [0.4, 0.5) is 5.95 Å². The first-order valence-electron chi connectivity index (χ1n) is 7.59. The molecule has 1 amide bonds. The molecule has 1 aliphatic heterocycles.